The lowest BCUT2D eigenvalue weighted by Crippen LogP contribution is -2.14. The number of benzene rings is 1. The van der Waals surface area contributed by atoms with Gasteiger partial charge in [-0.05, 0) is 29.8 Å². The molecule has 0 spiro atoms. The van der Waals surface area contributed by atoms with E-state index in [0.717, 1.165) is 15.1 Å². The lowest BCUT2D eigenvalue weighted by molar-refractivity contribution is 0.102. The zero-order valence-electron chi connectivity index (χ0n) is 10.7. The number of fused-ring (bicyclic) bond motifs is 1. The first-order valence-electron chi connectivity index (χ1n) is 5.92. The molecule has 100 valence electrons. The summed E-state index contributed by atoms with van der Waals surface area (Å²) in [6.07, 6.45) is 3.42. The molecule has 4 nitrogen and oxygen atoms in total. The van der Waals surface area contributed by atoms with Gasteiger partial charge in [0, 0.05) is 4.90 Å². The Labute approximate surface area is 124 Å². The van der Waals surface area contributed by atoms with Gasteiger partial charge in [-0.15, -0.1) is 23.1 Å². The molecule has 2 aromatic heterocycles. The first kappa shape index (κ1) is 13.1. The maximum Gasteiger partial charge on any atom is 0.257 e. The minimum absolute atomic E-state index is 0.152. The standard InChI is InChI=1S/C14H11N3OS2/c1-19-11-5-3-2-4-9(11)13(18)17-12-10-6-7-20-14(10)16-8-15-12/h2-8H,1H3,(H,15,16,17,18). The van der Waals surface area contributed by atoms with Crippen molar-refractivity contribution in [3.8, 4) is 0 Å². The van der Waals surface area contributed by atoms with Gasteiger partial charge >= 0.3 is 0 Å². The molecule has 0 atom stereocenters. The average molecular weight is 301 g/mol. The third-order valence-corrected chi connectivity index (χ3v) is 4.46. The SMILES string of the molecule is CSc1ccccc1C(=O)Nc1ncnc2sccc12. The van der Waals surface area contributed by atoms with Crippen molar-refractivity contribution in [1.29, 1.82) is 0 Å². The third kappa shape index (κ3) is 2.39. The number of aromatic nitrogens is 2. The van der Waals surface area contributed by atoms with E-state index in [2.05, 4.69) is 15.3 Å². The van der Waals surface area contributed by atoms with Crippen molar-refractivity contribution in [1.82, 2.24) is 9.97 Å². The van der Waals surface area contributed by atoms with Gasteiger partial charge in [0.1, 0.15) is 17.0 Å². The predicted molar refractivity (Wildman–Crippen MR) is 83.6 cm³/mol. The summed E-state index contributed by atoms with van der Waals surface area (Å²) in [7, 11) is 0. The van der Waals surface area contributed by atoms with Crippen LogP contribution in [0, 0.1) is 0 Å². The Morgan fingerprint density at radius 3 is 2.95 bits per heavy atom. The van der Waals surface area contributed by atoms with Crippen LogP contribution in [0.25, 0.3) is 10.2 Å². The molecule has 0 radical (unpaired) electrons. The monoisotopic (exact) mass is 301 g/mol. The summed E-state index contributed by atoms with van der Waals surface area (Å²) >= 11 is 3.07. The topological polar surface area (TPSA) is 54.9 Å². The zero-order chi connectivity index (χ0) is 13.9. The van der Waals surface area contributed by atoms with E-state index in [1.54, 1.807) is 11.8 Å². The highest BCUT2D eigenvalue weighted by molar-refractivity contribution is 7.98. The van der Waals surface area contributed by atoms with Gasteiger partial charge in [-0.3, -0.25) is 4.79 Å². The van der Waals surface area contributed by atoms with Gasteiger partial charge < -0.3 is 5.32 Å². The summed E-state index contributed by atoms with van der Waals surface area (Å²) in [6, 6.07) is 9.43. The fourth-order valence-electron chi connectivity index (χ4n) is 1.90. The molecule has 0 fully saturated rings. The number of carbonyl (C=O) groups is 1. The average Bonchev–Trinajstić information content (AvgIpc) is 2.96. The number of hydrogen-bond acceptors (Lipinski definition) is 5. The number of rotatable bonds is 3. The van der Waals surface area contributed by atoms with Crippen molar-refractivity contribution in [3.05, 3.63) is 47.6 Å². The van der Waals surface area contributed by atoms with Crippen molar-refractivity contribution in [2.75, 3.05) is 11.6 Å². The van der Waals surface area contributed by atoms with Gasteiger partial charge in [-0.1, -0.05) is 12.1 Å². The number of carbonyl (C=O) groups excluding carboxylic acids is 1. The fraction of sp³-hybridized carbons (Fsp3) is 0.0714. The van der Waals surface area contributed by atoms with Gasteiger partial charge in [0.15, 0.2) is 0 Å². The molecule has 0 aliphatic rings. The van der Waals surface area contributed by atoms with E-state index in [9.17, 15) is 4.79 Å². The summed E-state index contributed by atoms with van der Waals surface area (Å²) in [5.74, 6) is 0.401. The van der Waals surface area contributed by atoms with Crippen LogP contribution in [0.3, 0.4) is 0 Å². The normalized spacial score (nSPS) is 10.7. The van der Waals surface area contributed by atoms with Crippen LogP contribution in [0.1, 0.15) is 10.4 Å². The number of nitrogens with zero attached hydrogens (tertiary/aromatic N) is 2. The van der Waals surface area contributed by atoms with Crippen LogP contribution in [0.15, 0.2) is 46.9 Å². The highest BCUT2D eigenvalue weighted by Crippen LogP contribution is 2.25. The number of hydrogen-bond donors (Lipinski definition) is 1. The fourth-order valence-corrected chi connectivity index (χ4v) is 3.22. The van der Waals surface area contributed by atoms with E-state index in [1.165, 1.54) is 17.7 Å². The molecule has 0 aliphatic carbocycles. The van der Waals surface area contributed by atoms with E-state index >= 15 is 0 Å². The van der Waals surface area contributed by atoms with E-state index in [0.29, 0.717) is 11.4 Å². The zero-order valence-corrected chi connectivity index (χ0v) is 12.3. The number of anilines is 1. The van der Waals surface area contributed by atoms with Gasteiger partial charge in [0.25, 0.3) is 5.91 Å². The Balaban J connectivity index is 1.95. The van der Waals surface area contributed by atoms with Crippen LogP contribution in [0.4, 0.5) is 5.82 Å². The Hall–Kier alpha value is -1.92. The van der Waals surface area contributed by atoms with Gasteiger partial charge in [-0.2, -0.15) is 0 Å². The van der Waals surface area contributed by atoms with Crippen molar-refractivity contribution in [2.24, 2.45) is 0 Å². The van der Waals surface area contributed by atoms with Crippen molar-refractivity contribution < 1.29 is 4.79 Å². The predicted octanol–water partition coefficient (Wildman–Crippen LogP) is 3.67. The first-order chi connectivity index (χ1) is 9.79. The summed E-state index contributed by atoms with van der Waals surface area (Å²) in [6.45, 7) is 0. The largest absolute Gasteiger partial charge is 0.306 e. The minimum atomic E-state index is -0.152. The molecule has 20 heavy (non-hydrogen) atoms. The number of nitrogens with one attached hydrogen (secondary N) is 1. The van der Waals surface area contributed by atoms with Crippen molar-refractivity contribution in [3.63, 3.8) is 0 Å². The molecule has 1 amide bonds. The second kappa shape index (κ2) is 5.60. The minimum Gasteiger partial charge on any atom is -0.306 e. The van der Waals surface area contributed by atoms with Crippen LogP contribution in [-0.2, 0) is 0 Å². The molecule has 1 aromatic carbocycles. The van der Waals surface area contributed by atoms with Gasteiger partial charge in [0.2, 0.25) is 0 Å². The number of thiophene rings is 1. The highest BCUT2D eigenvalue weighted by atomic mass is 32.2. The lowest BCUT2D eigenvalue weighted by Gasteiger charge is -2.08. The van der Waals surface area contributed by atoms with Crippen LogP contribution in [0.5, 0.6) is 0 Å². The van der Waals surface area contributed by atoms with Crippen LogP contribution in [0.2, 0.25) is 0 Å². The Morgan fingerprint density at radius 2 is 2.10 bits per heavy atom. The molecule has 3 rings (SSSR count). The molecule has 2 heterocycles. The Kier molecular flexibility index (Phi) is 3.66. The summed E-state index contributed by atoms with van der Waals surface area (Å²) in [4.78, 5) is 22.5. The molecular weight excluding hydrogens is 290 g/mol. The van der Waals surface area contributed by atoms with Gasteiger partial charge in [-0.25, -0.2) is 9.97 Å². The van der Waals surface area contributed by atoms with Crippen LogP contribution in [-0.4, -0.2) is 22.1 Å². The summed E-state index contributed by atoms with van der Waals surface area (Å²) < 4.78 is 0. The highest BCUT2D eigenvalue weighted by Gasteiger charge is 2.13. The summed E-state index contributed by atoms with van der Waals surface area (Å²) in [5.41, 5.74) is 0.655. The molecule has 1 N–H and O–H groups in total. The maximum absolute atomic E-state index is 12.4. The van der Waals surface area contributed by atoms with E-state index in [4.69, 9.17) is 0 Å². The molecule has 0 aliphatic heterocycles. The lowest BCUT2D eigenvalue weighted by atomic mass is 10.2. The van der Waals surface area contributed by atoms with E-state index < -0.39 is 0 Å². The van der Waals surface area contributed by atoms with Crippen molar-refractivity contribution in [2.45, 2.75) is 4.90 Å². The van der Waals surface area contributed by atoms with E-state index in [-0.39, 0.29) is 5.91 Å². The number of amides is 1. The summed E-state index contributed by atoms with van der Waals surface area (Å²) in [5, 5.41) is 5.67. The van der Waals surface area contributed by atoms with Crippen molar-refractivity contribution >= 4 is 45.0 Å². The molecule has 0 unspecified atom stereocenters. The Bertz CT molecular complexity index is 770. The molecule has 0 bridgehead atoms. The molecular formula is C14H11N3OS2. The number of thioether (sulfide) groups is 1. The molecule has 0 saturated carbocycles. The first-order valence-corrected chi connectivity index (χ1v) is 8.02. The van der Waals surface area contributed by atoms with Gasteiger partial charge in [0.05, 0.1) is 10.9 Å². The smallest absolute Gasteiger partial charge is 0.257 e. The maximum atomic E-state index is 12.4. The third-order valence-electron chi connectivity index (χ3n) is 2.85. The molecule has 6 heteroatoms. The molecule has 3 aromatic rings. The van der Waals surface area contributed by atoms with Crippen LogP contribution >= 0.6 is 23.1 Å². The Morgan fingerprint density at radius 1 is 1.25 bits per heavy atom. The van der Waals surface area contributed by atoms with Crippen LogP contribution < -0.4 is 5.32 Å². The quantitative estimate of drug-likeness (QED) is 0.750. The molecule has 0 saturated heterocycles. The second-order valence-corrected chi connectivity index (χ2v) is 5.76. The van der Waals surface area contributed by atoms with E-state index in [1.807, 2.05) is 42.0 Å². The second-order valence-electron chi connectivity index (χ2n) is 4.02.